The van der Waals surface area contributed by atoms with Gasteiger partial charge in [0.05, 0.1) is 5.71 Å². The van der Waals surface area contributed by atoms with Crippen LogP contribution in [0.4, 0.5) is 0 Å². The fourth-order valence-corrected chi connectivity index (χ4v) is 2.43. The van der Waals surface area contributed by atoms with Crippen molar-refractivity contribution in [3.8, 4) is 0 Å². The molecule has 2 rings (SSSR count). The van der Waals surface area contributed by atoms with E-state index in [2.05, 4.69) is 23.4 Å². The first kappa shape index (κ1) is 11.8. The monoisotopic (exact) mass is 231 g/mol. The van der Waals surface area contributed by atoms with Crippen LogP contribution in [-0.4, -0.2) is 19.1 Å². The van der Waals surface area contributed by atoms with Gasteiger partial charge in [0.1, 0.15) is 13.4 Å². The molecule has 0 atom stereocenters. The molecule has 3 nitrogen and oxygen atoms in total. The Balaban J connectivity index is 2.41. The summed E-state index contributed by atoms with van der Waals surface area (Å²) in [6, 6.07) is 6.29. The molecule has 1 aliphatic rings. The molecule has 0 N–H and O–H groups in total. The highest BCUT2D eigenvalue weighted by Crippen LogP contribution is 2.26. The number of hydrogen-bond acceptors (Lipinski definition) is 3. The van der Waals surface area contributed by atoms with Crippen molar-refractivity contribution in [3.05, 3.63) is 34.9 Å². The van der Waals surface area contributed by atoms with E-state index in [0.717, 1.165) is 37.7 Å². The molecule has 1 aromatic carbocycles. The second-order valence-electron chi connectivity index (χ2n) is 4.23. The van der Waals surface area contributed by atoms with Crippen LogP contribution >= 0.6 is 0 Å². The van der Waals surface area contributed by atoms with Gasteiger partial charge >= 0.3 is 0 Å². The van der Waals surface area contributed by atoms with Crippen LogP contribution in [0.2, 0.25) is 0 Å². The number of oxime groups is 1. The predicted molar refractivity (Wildman–Crippen MR) is 67.3 cm³/mol. The molecule has 0 saturated heterocycles. The van der Waals surface area contributed by atoms with Gasteiger partial charge in [-0.05, 0) is 36.8 Å². The van der Waals surface area contributed by atoms with E-state index in [1.54, 1.807) is 7.11 Å². The Bertz CT molecular complexity index is 438. The molecule has 0 aliphatic heterocycles. The minimum atomic E-state index is 0.566. The molecule has 0 amide bonds. The Kier molecular flexibility index (Phi) is 3.91. The Morgan fingerprint density at radius 2 is 2.29 bits per heavy atom. The summed E-state index contributed by atoms with van der Waals surface area (Å²) in [6.07, 6.45) is 5.49. The van der Waals surface area contributed by atoms with Crippen LogP contribution in [0.5, 0.6) is 0 Å². The number of carbonyl (C=O) groups excluding carboxylic acids is 1. The first-order valence-electron chi connectivity index (χ1n) is 6.01. The minimum absolute atomic E-state index is 0.566. The summed E-state index contributed by atoms with van der Waals surface area (Å²) in [4.78, 5) is 15.4. The average molecular weight is 231 g/mol. The van der Waals surface area contributed by atoms with Crippen LogP contribution in [0.15, 0.2) is 23.4 Å². The standard InChI is InChI=1S/C14H17NO2/c1-17-15-13-9-3-7-11-5-2-6-12(14(11)13)8-4-10-16/h2,5-6,10H,3-4,7-9H2,1H3/b15-13-. The van der Waals surface area contributed by atoms with Gasteiger partial charge in [0.25, 0.3) is 0 Å². The molecular formula is C14H17NO2. The van der Waals surface area contributed by atoms with Gasteiger partial charge in [-0.15, -0.1) is 0 Å². The molecule has 0 spiro atoms. The zero-order chi connectivity index (χ0) is 12.1. The Labute approximate surface area is 101 Å². The van der Waals surface area contributed by atoms with E-state index in [1.165, 1.54) is 16.7 Å². The third kappa shape index (κ3) is 2.54. The van der Waals surface area contributed by atoms with Gasteiger partial charge in [-0.2, -0.15) is 0 Å². The van der Waals surface area contributed by atoms with Crippen LogP contribution in [0, 0.1) is 0 Å². The first-order chi connectivity index (χ1) is 8.36. The average Bonchev–Trinajstić information content (AvgIpc) is 2.37. The first-order valence-corrected chi connectivity index (χ1v) is 6.01. The summed E-state index contributed by atoms with van der Waals surface area (Å²) in [5.74, 6) is 0. The van der Waals surface area contributed by atoms with Gasteiger partial charge in [-0.25, -0.2) is 0 Å². The van der Waals surface area contributed by atoms with E-state index in [-0.39, 0.29) is 0 Å². The largest absolute Gasteiger partial charge is 0.399 e. The van der Waals surface area contributed by atoms with Crippen molar-refractivity contribution in [2.45, 2.75) is 32.1 Å². The lowest BCUT2D eigenvalue weighted by molar-refractivity contribution is -0.107. The minimum Gasteiger partial charge on any atom is -0.399 e. The fourth-order valence-electron chi connectivity index (χ4n) is 2.43. The van der Waals surface area contributed by atoms with Crippen molar-refractivity contribution in [1.82, 2.24) is 0 Å². The molecular weight excluding hydrogens is 214 g/mol. The van der Waals surface area contributed by atoms with Crippen LogP contribution in [0.1, 0.15) is 36.0 Å². The Morgan fingerprint density at radius 1 is 1.41 bits per heavy atom. The van der Waals surface area contributed by atoms with E-state index in [4.69, 9.17) is 4.84 Å². The smallest absolute Gasteiger partial charge is 0.120 e. The van der Waals surface area contributed by atoms with Crippen molar-refractivity contribution in [2.24, 2.45) is 5.16 Å². The summed E-state index contributed by atoms with van der Waals surface area (Å²) >= 11 is 0. The third-order valence-electron chi connectivity index (χ3n) is 3.12. The number of carbonyl (C=O) groups is 1. The number of nitrogens with zero attached hydrogens (tertiary/aromatic N) is 1. The van der Waals surface area contributed by atoms with E-state index in [0.29, 0.717) is 6.42 Å². The molecule has 0 aromatic heterocycles. The molecule has 0 unspecified atom stereocenters. The quantitative estimate of drug-likeness (QED) is 0.590. The Hall–Kier alpha value is -1.64. The van der Waals surface area contributed by atoms with Crippen LogP contribution in [0.25, 0.3) is 0 Å². The molecule has 0 radical (unpaired) electrons. The summed E-state index contributed by atoms with van der Waals surface area (Å²) in [6.45, 7) is 0. The topological polar surface area (TPSA) is 38.7 Å². The molecule has 3 heteroatoms. The molecule has 0 saturated carbocycles. The molecule has 0 fully saturated rings. The van der Waals surface area contributed by atoms with Crippen LogP contribution < -0.4 is 0 Å². The summed E-state index contributed by atoms with van der Waals surface area (Å²) in [5, 5.41) is 4.12. The summed E-state index contributed by atoms with van der Waals surface area (Å²) in [5.41, 5.74) is 4.78. The molecule has 90 valence electrons. The zero-order valence-corrected chi connectivity index (χ0v) is 10.1. The molecule has 0 heterocycles. The lowest BCUT2D eigenvalue weighted by Crippen LogP contribution is -2.15. The zero-order valence-electron chi connectivity index (χ0n) is 10.1. The maximum Gasteiger partial charge on any atom is 0.120 e. The van der Waals surface area contributed by atoms with Crippen molar-refractivity contribution in [3.63, 3.8) is 0 Å². The normalized spacial score (nSPS) is 16.6. The predicted octanol–water partition coefficient (Wildman–Crippen LogP) is 2.50. The van der Waals surface area contributed by atoms with E-state index >= 15 is 0 Å². The van der Waals surface area contributed by atoms with Crippen LogP contribution in [-0.2, 0) is 22.5 Å². The molecule has 0 bridgehead atoms. The SMILES string of the molecule is CO/N=C1/CCCc2cccc(CCC=O)c21. The third-order valence-corrected chi connectivity index (χ3v) is 3.12. The highest BCUT2D eigenvalue weighted by atomic mass is 16.6. The highest BCUT2D eigenvalue weighted by molar-refractivity contribution is 6.03. The number of aldehydes is 1. The lowest BCUT2D eigenvalue weighted by atomic mass is 9.85. The van der Waals surface area contributed by atoms with E-state index < -0.39 is 0 Å². The summed E-state index contributed by atoms with van der Waals surface area (Å²) < 4.78 is 0. The van der Waals surface area contributed by atoms with Crippen LogP contribution in [0.3, 0.4) is 0 Å². The number of benzene rings is 1. The second kappa shape index (κ2) is 5.62. The number of fused-ring (bicyclic) bond motifs is 1. The maximum absolute atomic E-state index is 10.5. The molecule has 1 aromatic rings. The highest BCUT2D eigenvalue weighted by Gasteiger charge is 2.19. The van der Waals surface area contributed by atoms with E-state index in [1.807, 2.05) is 0 Å². The number of rotatable bonds is 4. The molecule has 17 heavy (non-hydrogen) atoms. The lowest BCUT2D eigenvalue weighted by Gasteiger charge is -2.20. The van der Waals surface area contributed by atoms with Crippen molar-refractivity contribution >= 4 is 12.0 Å². The maximum atomic E-state index is 10.5. The van der Waals surface area contributed by atoms with Crippen molar-refractivity contribution < 1.29 is 9.63 Å². The van der Waals surface area contributed by atoms with Gasteiger partial charge in [-0.3, -0.25) is 0 Å². The fraction of sp³-hybridized carbons (Fsp3) is 0.429. The number of aryl methyl sites for hydroxylation is 2. The van der Waals surface area contributed by atoms with Gasteiger partial charge in [0, 0.05) is 12.0 Å². The summed E-state index contributed by atoms with van der Waals surface area (Å²) in [7, 11) is 1.58. The van der Waals surface area contributed by atoms with Gasteiger partial charge in [0.15, 0.2) is 0 Å². The van der Waals surface area contributed by atoms with Crippen molar-refractivity contribution in [1.29, 1.82) is 0 Å². The van der Waals surface area contributed by atoms with Gasteiger partial charge < -0.3 is 9.63 Å². The van der Waals surface area contributed by atoms with E-state index in [9.17, 15) is 4.79 Å². The van der Waals surface area contributed by atoms with Gasteiger partial charge in [0.2, 0.25) is 0 Å². The molecule has 1 aliphatic carbocycles. The Morgan fingerprint density at radius 3 is 3.06 bits per heavy atom. The second-order valence-corrected chi connectivity index (χ2v) is 4.23. The van der Waals surface area contributed by atoms with Crippen molar-refractivity contribution in [2.75, 3.05) is 7.11 Å². The van der Waals surface area contributed by atoms with Gasteiger partial charge in [-0.1, -0.05) is 23.4 Å². The number of hydrogen-bond donors (Lipinski definition) is 0.